The molecule has 0 aliphatic carbocycles. The average molecular weight is 396 g/mol. The summed E-state index contributed by atoms with van der Waals surface area (Å²) in [6.07, 6.45) is 2.03. The van der Waals surface area contributed by atoms with E-state index in [2.05, 4.69) is 5.32 Å². The normalized spacial score (nSPS) is 17.8. The van der Waals surface area contributed by atoms with E-state index in [-0.39, 0.29) is 11.8 Å². The summed E-state index contributed by atoms with van der Waals surface area (Å²) in [5.74, 6) is -0.131. The van der Waals surface area contributed by atoms with Crippen LogP contribution in [0.2, 0.25) is 10.0 Å². The van der Waals surface area contributed by atoms with Crippen molar-refractivity contribution in [2.24, 2.45) is 5.92 Å². The van der Waals surface area contributed by atoms with Crippen LogP contribution in [0.3, 0.4) is 0 Å². The lowest BCUT2D eigenvalue weighted by Gasteiger charge is -2.26. The van der Waals surface area contributed by atoms with Crippen LogP contribution in [0, 0.1) is 5.92 Å². The maximum Gasteiger partial charge on any atom is 0.230 e. The highest BCUT2D eigenvalue weighted by Gasteiger charge is 2.33. The van der Waals surface area contributed by atoms with Crippen LogP contribution in [0.25, 0.3) is 0 Å². The number of hydrogen-bond acceptors (Lipinski definition) is 4. The van der Waals surface area contributed by atoms with Crippen LogP contribution in [0.1, 0.15) is 0 Å². The van der Waals surface area contributed by atoms with E-state index in [1.165, 1.54) is 4.90 Å². The number of nitrogens with one attached hydrogen (secondary N) is 1. The Morgan fingerprint density at radius 3 is 2.52 bits per heavy atom. The van der Waals surface area contributed by atoms with E-state index in [0.29, 0.717) is 23.1 Å². The van der Waals surface area contributed by atoms with Crippen LogP contribution in [0.15, 0.2) is 47.4 Å². The minimum Gasteiger partial charge on any atom is -0.326 e. The summed E-state index contributed by atoms with van der Waals surface area (Å²) < 4.78 is 0. The largest absolute Gasteiger partial charge is 0.326 e. The van der Waals surface area contributed by atoms with Crippen molar-refractivity contribution >= 4 is 52.2 Å². The molecule has 0 saturated carbocycles. The number of halogens is 2. The van der Waals surface area contributed by atoms with Crippen molar-refractivity contribution in [3.63, 3.8) is 0 Å². The lowest BCUT2D eigenvalue weighted by molar-refractivity contribution is -0.119. The predicted octanol–water partition coefficient (Wildman–Crippen LogP) is 4.64. The zero-order valence-electron chi connectivity index (χ0n) is 14.0. The van der Waals surface area contributed by atoms with E-state index in [9.17, 15) is 4.79 Å². The molecule has 0 aromatic heterocycles. The molecule has 7 heteroatoms. The predicted molar refractivity (Wildman–Crippen MR) is 107 cm³/mol. The third-order valence-electron chi connectivity index (χ3n) is 4.21. The maximum absolute atomic E-state index is 12.6. The fourth-order valence-corrected chi connectivity index (χ4v) is 3.80. The third-order valence-corrected chi connectivity index (χ3v) is 5.49. The zero-order valence-corrected chi connectivity index (χ0v) is 16.3. The molecule has 1 N–H and O–H groups in total. The highest BCUT2D eigenvalue weighted by Crippen LogP contribution is 2.32. The average Bonchev–Trinajstić information content (AvgIpc) is 2.97. The molecular weight excluding hydrogens is 377 g/mol. The second-order valence-electron chi connectivity index (χ2n) is 5.93. The standard InChI is InChI=1S/C18H19Cl2N3OS/c1-22-10-12(11-23(22)17-8-3-13(19)9-16(17)20)18(24)21-14-4-6-15(25-2)7-5-14/h3-9,12H,10-11H2,1-2H3,(H,21,24). The number of thioether (sulfide) groups is 1. The van der Waals surface area contributed by atoms with Gasteiger partial charge in [0.2, 0.25) is 5.91 Å². The van der Waals surface area contributed by atoms with Gasteiger partial charge < -0.3 is 10.3 Å². The number of nitrogens with zero attached hydrogens (tertiary/aromatic N) is 2. The summed E-state index contributed by atoms with van der Waals surface area (Å²) >= 11 is 13.9. The van der Waals surface area contributed by atoms with Gasteiger partial charge in [0.05, 0.1) is 16.6 Å². The summed E-state index contributed by atoms with van der Waals surface area (Å²) in [5.41, 5.74) is 1.67. The fourth-order valence-electron chi connectivity index (χ4n) is 2.88. The van der Waals surface area contributed by atoms with Crippen LogP contribution in [-0.2, 0) is 4.79 Å². The first kappa shape index (κ1) is 18.4. The van der Waals surface area contributed by atoms with Crippen LogP contribution >= 0.6 is 35.0 Å². The van der Waals surface area contributed by atoms with E-state index < -0.39 is 0 Å². The molecule has 1 unspecified atom stereocenters. The summed E-state index contributed by atoms with van der Waals surface area (Å²) in [4.78, 5) is 13.8. The molecule has 1 aliphatic heterocycles. The van der Waals surface area contributed by atoms with Gasteiger partial charge in [0.15, 0.2) is 0 Å². The minimum absolute atomic E-state index is 0.0105. The number of amides is 1. The lowest BCUT2D eigenvalue weighted by atomic mass is 10.1. The third kappa shape index (κ3) is 4.23. The van der Waals surface area contributed by atoms with Crippen LogP contribution in [0.5, 0.6) is 0 Å². The molecular formula is C18H19Cl2N3OS. The lowest BCUT2D eigenvalue weighted by Crippen LogP contribution is -2.33. The quantitative estimate of drug-likeness (QED) is 0.764. The Hall–Kier alpha value is -1.40. The molecule has 0 spiro atoms. The number of hydrogen-bond donors (Lipinski definition) is 1. The number of benzene rings is 2. The van der Waals surface area contributed by atoms with Crippen LogP contribution in [-0.4, -0.2) is 37.3 Å². The van der Waals surface area contributed by atoms with Crippen molar-refractivity contribution < 1.29 is 4.79 Å². The van der Waals surface area contributed by atoms with Crippen molar-refractivity contribution in [1.29, 1.82) is 0 Å². The van der Waals surface area contributed by atoms with E-state index in [1.807, 2.05) is 53.7 Å². The molecule has 2 aromatic rings. The van der Waals surface area contributed by atoms with Gasteiger partial charge >= 0.3 is 0 Å². The first-order chi connectivity index (χ1) is 12.0. The molecule has 1 fully saturated rings. The SMILES string of the molecule is CSc1ccc(NC(=O)C2CN(C)N(c3ccc(Cl)cc3Cl)C2)cc1. The maximum atomic E-state index is 12.6. The van der Waals surface area contributed by atoms with Crippen molar-refractivity contribution in [3.05, 3.63) is 52.5 Å². The highest BCUT2D eigenvalue weighted by atomic mass is 35.5. The first-order valence-corrected chi connectivity index (χ1v) is 9.84. The Balaban J connectivity index is 1.68. The summed E-state index contributed by atoms with van der Waals surface area (Å²) in [7, 11) is 1.95. The molecule has 0 radical (unpaired) electrons. The van der Waals surface area contributed by atoms with Crippen molar-refractivity contribution in [3.8, 4) is 0 Å². The van der Waals surface area contributed by atoms with Gasteiger partial charge in [-0.25, -0.2) is 5.01 Å². The van der Waals surface area contributed by atoms with Gasteiger partial charge in [0, 0.05) is 35.7 Å². The molecule has 1 amide bonds. The van der Waals surface area contributed by atoms with E-state index >= 15 is 0 Å². The summed E-state index contributed by atoms with van der Waals surface area (Å²) in [6.45, 7) is 1.21. The van der Waals surface area contributed by atoms with Gasteiger partial charge in [0.25, 0.3) is 0 Å². The second-order valence-corrected chi connectivity index (χ2v) is 7.66. The van der Waals surface area contributed by atoms with E-state index in [1.54, 1.807) is 23.9 Å². The number of rotatable bonds is 4. The van der Waals surface area contributed by atoms with Crippen LogP contribution < -0.4 is 10.3 Å². The Kier molecular flexibility index (Phi) is 5.79. The van der Waals surface area contributed by atoms with Crippen LogP contribution in [0.4, 0.5) is 11.4 Å². The van der Waals surface area contributed by atoms with Gasteiger partial charge in [-0.2, -0.15) is 0 Å². The van der Waals surface area contributed by atoms with E-state index in [4.69, 9.17) is 23.2 Å². The molecule has 4 nitrogen and oxygen atoms in total. The van der Waals surface area contributed by atoms with Gasteiger partial charge in [-0.1, -0.05) is 23.2 Å². The van der Waals surface area contributed by atoms with Gasteiger partial charge in [-0.15, -0.1) is 11.8 Å². The second kappa shape index (κ2) is 7.87. The topological polar surface area (TPSA) is 35.6 Å². The Morgan fingerprint density at radius 2 is 1.88 bits per heavy atom. The molecule has 0 bridgehead atoms. The summed E-state index contributed by atoms with van der Waals surface area (Å²) in [5, 5.41) is 8.19. The molecule has 1 atom stereocenters. The zero-order chi connectivity index (χ0) is 18.0. The molecule has 1 heterocycles. The number of anilines is 2. The fraction of sp³-hybridized carbons (Fsp3) is 0.278. The van der Waals surface area contributed by atoms with Crippen molar-refractivity contribution in [2.45, 2.75) is 4.90 Å². The van der Waals surface area contributed by atoms with Crippen molar-refractivity contribution in [2.75, 3.05) is 36.7 Å². The molecule has 1 aliphatic rings. The van der Waals surface area contributed by atoms with Crippen molar-refractivity contribution in [1.82, 2.24) is 5.01 Å². The van der Waals surface area contributed by atoms with Gasteiger partial charge in [-0.05, 0) is 48.7 Å². The number of carbonyl (C=O) groups is 1. The molecule has 2 aromatic carbocycles. The minimum atomic E-state index is -0.142. The Bertz CT molecular complexity index is 769. The smallest absolute Gasteiger partial charge is 0.230 e. The Labute approximate surface area is 162 Å². The Morgan fingerprint density at radius 1 is 1.16 bits per heavy atom. The van der Waals surface area contributed by atoms with Gasteiger partial charge in [0.1, 0.15) is 0 Å². The van der Waals surface area contributed by atoms with E-state index in [0.717, 1.165) is 11.4 Å². The monoisotopic (exact) mass is 395 g/mol. The summed E-state index contributed by atoms with van der Waals surface area (Å²) in [6, 6.07) is 13.3. The molecule has 132 valence electrons. The molecule has 3 rings (SSSR count). The first-order valence-electron chi connectivity index (χ1n) is 7.86. The number of carbonyl (C=O) groups excluding carboxylic acids is 1. The number of hydrazine groups is 1. The molecule has 1 saturated heterocycles. The highest BCUT2D eigenvalue weighted by molar-refractivity contribution is 7.98. The van der Waals surface area contributed by atoms with Gasteiger partial charge in [-0.3, -0.25) is 4.79 Å². The molecule has 25 heavy (non-hydrogen) atoms.